The maximum absolute atomic E-state index is 5.30. The van der Waals surface area contributed by atoms with Gasteiger partial charge in [0.2, 0.25) is 0 Å². The summed E-state index contributed by atoms with van der Waals surface area (Å²) in [7, 11) is 0. The van der Waals surface area contributed by atoms with E-state index < -0.39 is 0 Å². The van der Waals surface area contributed by atoms with Crippen LogP contribution in [0.15, 0.2) is 60.7 Å². The van der Waals surface area contributed by atoms with E-state index in [1.165, 1.54) is 5.56 Å². The number of ether oxygens (including phenoxy) is 1. The Bertz CT molecular complexity index is 345. The molecular formula is C14H14O. The van der Waals surface area contributed by atoms with Crippen LogP contribution in [0.4, 0.5) is 0 Å². The Morgan fingerprint density at radius 3 is 1.93 bits per heavy atom. The van der Waals surface area contributed by atoms with Crippen LogP contribution in [0.3, 0.4) is 0 Å². The van der Waals surface area contributed by atoms with Crippen molar-refractivity contribution in [2.45, 2.75) is 6.42 Å². The fourth-order valence-electron chi connectivity index (χ4n) is 1.51. The smallest absolute Gasteiger partial charge is 0.122 e. The number of rotatable bonds is 0. The Balaban J connectivity index is 0.000000124. The summed E-state index contributed by atoms with van der Waals surface area (Å²) >= 11 is 0. The maximum atomic E-state index is 5.30. The zero-order valence-corrected chi connectivity index (χ0v) is 8.60. The van der Waals surface area contributed by atoms with Gasteiger partial charge in [-0.3, -0.25) is 0 Å². The summed E-state index contributed by atoms with van der Waals surface area (Å²) in [6, 6.07) is 20.2. The molecule has 0 aromatic heterocycles. The van der Waals surface area contributed by atoms with Gasteiger partial charge in [0.05, 0.1) is 6.61 Å². The highest BCUT2D eigenvalue weighted by atomic mass is 16.5. The highest BCUT2D eigenvalue weighted by molar-refractivity contribution is 5.35. The van der Waals surface area contributed by atoms with E-state index in [9.17, 15) is 0 Å². The highest BCUT2D eigenvalue weighted by Gasteiger charge is 2.08. The minimum absolute atomic E-state index is 0.860. The topological polar surface area (TPSA) is 9.23 Å². The van der Waals surface area contributed by atoms with Crippen molar-refractivity contribution in [3.63, 3.8) is 0 Å². The van der Waals surface area contributed by atoms with Crippen molar-refractivity contribution in [3.05, 3.63) is 66.2 Å². The van der Waals surface area contributed by atoms with Crippen molar-refractivity contribution in [1.82, 2.24) is 0 Å². The molecule has 0 atom stereocenters. The van der Waals surface area contributed by atoms with E-state index in [-0.39, 0.29) is 0 Å². The number of hydrogen-bond acceptors (Lipinski definition) is 1. The van der Waals surface area contributed by atoms with Crippen molar-refractivity contribution in [2.75, 3.05) is 6.61 Å². The molecule has 3 rings (SSSR count). The van der Waals surface area contributed by atoms with E-state index in [2.05, 4.69) is 6.07 Å². The van der Waals surface area contributed by atoms with Gasteiger partial charge < -0.3 is 4.74 Å². The molecule has 2 aromatic carbocycles. The van der Waals surface area contributed by atoms with Gasteiger partial charge in [-0.05, 0) is 11.6 Å². The van der Waals surface area contributed by atoms with Crippen LogP contribution in [-0.4, -0.2) is 6.61 Å². The lowest BCUT2D eigenvalue weighted by atomic mass is 10.2. The average molecular weight is 198 g/mol. The van der Waals surface area contributed by atoms with Crippen molar-refractivity contribution >= 4 is 0 Å². The third kappa shape index (κ3) is 2.84. The zero-order chi connectivity index (χ0) is 10.3. The van der Waals surface area contributed by atoms with Gasteiger partial charge in [0.15, 0.2) is 0 Å². The maximum Gasteiger partial charge on any atom is 0.122 e. The molecule has 0 radical (unpaired) electrons. The fraction of sp³-hybridized carbons (Fsp3) is 0.143. The predicted molar refractivity (Wildman–Crippen MR) is 62.1 cm³/mol. The third-order valence-electron chi connectivity index (χ3n) is 2.27. The van der Waals surface area contributed by atoms with Crippen LogP contribution >= 0.6 is 0 Å². The standard InChI is InChI=1S/C8H8O.C6H6/c1-2-4-8-7(3-1)5-6-9-8;1-2-4-6-5-3-1/h1-4H,5-6H2;1-6H. The minimum atomic E-state index is 0.860. The minimum Gasteiger partial charge on any atom is -0.493 e. The molecule has 1 nitrogen and oxygen atoms in total. The molecule has 15 heavy (non-hydrogen) atoms. The van der Waals surface area contributed by atoms with E-state index >= 15 is 0 Å². The normalized spacial score (nSPS) is 12.0. The quantitative estimate of drug-likeness (QED) is 0.631. The molecule has 0 fully saturated rings. The van der Waals surface area contributed by atoms with E-state index in [0.29, 0.717) is 0 Å². The molecule has 0 saturated carbocycles. The van der Waals surface area contributed by atoms with Gasteiger partial charge in [0.25, 0.3) is 0 Å². The summed E-state index contributed by atoms with van der Waals surface area (Å²) in [6.45, 7) is 0.860. The van der Waals surface area contributed by atoms with E-state index in [4.69, 9.17) is 4.74 Å². The van der Waals surface area contributed by atoms with Gasteiger partial charge in [-0.25, -0.2) is 0 Å². The molecule has 0 spiro atoms. The Kier molecular flexibility index (Phi) is 3.39. The Morgan fingerprint density at radius 2 is 1.33 bits per heavy atom. The second-order valence-electron chi connectivity index (χ2n) is 3.36. The number of fused-ring (bicyclic) bond motifs is 1. The molecular weight excluding hydrogens is 184 g/mol. The molecule has 1 aliphatic rings. The number of benzene rings is 2. The number of hydrogen-bond donors (Lipinski definition) is 0. The second-order valence-corrected chi connectivity index (χ2v) is 3.36. The molecule has 2 aromatic rings. The van der Waals surface area contributed by atoms with Gasteiger partial charge in [-0.1, -0.05) is 54.6 Å². The SMILES string of the molecule is c1ccc2c(c1)CCO2.c1ccccc1. The summed E-state index contributed by atoms with van der Waals surface area (Å²) < 4.78 is 5.30. The van der Waals surface area contributed by atoms with E-state index in [1.54, 1.807) is 0 Å². The molecule has 0 N–H and O–H groups in total. The molecule has 1 heteroatoms. The average Bonchev–Trinajstić information content (AvgIpc) is 2.80. The van der Waals surface area contributed by atoms with E-state index in [1.807, 2.05) is 54.6 Å². The molecule has 76 valence electrons. The first-order chi connectivity index (χ1) is 7.47. The second kappa shape index (κ2) is 5.20. The van der Waals surface area contributed by atoms with Gasteiger partial charge in [-0.2, -0.15) is 0 Å². The molecule has 0 amide bonds. The summed E-state index contributed by atoms with van der Waals surface area (Å²) in [5.74, 6) is 1.07. The van der Waals surface area contributed by atoms with Crippen molar-refractivity contribution in [2.24, 2.45) is 0 Å². The van der Waals surface area contributed by atoms with Gasteiger partial charge in [0, 0.05) is 6.42 Å². The van der Waals surface area contributed by atoms with Crippen LogP contribution in [0.2, 0.25) is 0 Å². The molecule has 0 bridgehead atoms. The predicted octanol–water partition coefficient (Wildman–Crippen LogP) is 3.31. The first-order valence-corrected chi connectivity index (χ1v) is 5.17. The van der Waals surface area contributed by atoms with Crippen LogP contribution in [0.1, 0.15) is 5.56 Å². The molecule has 0 aliphatic carbocycles. The van der Waals surface area contributed by atoms with Crippen molar-refractivity contribution in [3.8, 4) is 5.75 Å². The lowest BCUT2D eigenvalue weighted by Gasteiger charge is -1.93. The fourth-order valence-corrected chi connectivity index (χ4v) is 1.51. The zero-order valence-electron chi connectivity index (χ0n) is 8.60. The Labute approximate surface area is 90.3 Å². The van der Waals surface area contributed by atoms with Crippen LogP contribution in [0.25, 0.3) is 0 Å². The monoisotopic (exact) mass is 198 g/mol. The summed E-state index contributed by atoms with van der Waals surface area (Å²) in [4.78, 5) is 0. The van der Waals surface area contributed by atoms with Crippen LogP contribution in [0, 0.1) is 0 Å². The molecule has 0 unspecified atom stereocenters. The van der Waals surface area contributed by atoms with Gasteiger partial charge in [-0.15, -0.1) is 0 Å². The van der Waals surface area contributed by atoms with Crippen molar-refractivity contribution in [1.29, 1.82) is 0 Å². The lowest BCUT2D eigenvalue weighted by molar-refractivity contribution is 0.357. The van der Waals surface area contributed by atoms with Crippen LogP contribution in [-0.2, 0) is 6.42 Å². The third-order valence-corrected chi connectivity index (χ3v) is 2.27. The molecule has 0 saturated heterocycles. The van der Waals surface area contributed by atoms with Gasteiger partial charge >= 0.3 is 0 Å². The summed E-state index contributed by atoms with van der Waals surface area (Å²) in [5.41, 5.74) is 1.34. The molecule has 1 aliphatic heterocycles. The highest BCUT2D eigenvalue weighted by Crippen LogP contribution is 2.23. The van der Waals surface area contributed by atoms with Crippen LogP contribution < -0.4 is 4.74 Å². The van der Waals surface area contributed by atoms with Gasteiger partial charge in [0.1, 0.15) is 5.75 Å². The first kappa shape index (κ1) is 9.78. The lowest BCUT2D eigenvalue weighted by Crippen LogP contribution is -1.85. The van der Waals surface area contributed by atoms with E-state index in [0.717, 1.165) is 18.8 Å². The Hall–Kier alpha value is -1.76. The largest absolute Gasteiger partial charge is 0.493 e. The Morgan fingerprint density at radius 1 is 0.733 bits per heavy atom. The summed E-state index contributed by atoms with van der Waals surface area (Å²) in [6.07, 6.45) is 1.08. The number of para-hydroxylation sites is 1. The first-order valence-electron chi connectivity index (χ1n) is 5.17. The molecule has 1 heterocycles. The summed E-state index contributed by atoms with van der Waals surface area (Å²) in [5, 5.41) is 0. The van der Waals surface area contributed by atoms with Crippen LogP contribution in [0.5, 0.6) is 5.75 Å². The van der Waals surface area contributed by atoms with Crippen molar-refractivity contribution < 1.29 is 4.74 Å².